The second-order valence-corrected chi connectivity index (χ2v) is 11.7. The second-order valence-electron chi connectivity index (χ2n) is 11.7. The molecule has 0 spiro atoms. The molecule has 4 rings (SSSR count). The smallest absolute Gasteiger partial charge is 0.309 e. The third-order valence-electron chi connectivity index (χ3n) is 6.99. The minimum atomic E-state index is -1.94. The van der Waals surface area contributed by atoms with E-state index in [9.17, 15) is 19.6 Å². The summed E-state index contributed by atoms with van der Waals surface area (Å²) in [6.07, 6.45) is -2.23. The molecule has 2 aromatic heterocycles. The van der Waals surface area contributed by atoms with Crippen molar-refractivity contribution in [3.63, 3.8) is 0 Å². The zero-order valence-corrected chi connectivity index (χ0v) is 24.1. The molecule has 0 bridgehead atoms. The number of anilines is 1. The summed E-state index contributed by atoms with van der Waals surface area (Å²) < 4.78 is 25.4. The highest BCUT2D eigenvalue weighted by molar-refractivity contribution is 5.76. The molecular weight excluding hydrogens is 518 g/mol. The van der Waals surface area contributed by atoms with E-state index in [0.717, 1.165) is 0 Å². The monoisotopic (exact) mass is 555 g/mol. The van der Waals surface area contributed by atoms with E-state index in [-0.39, 0.29) is 5.69 Å². The lowest BCUT2D eigenvalue weighted by Gasteiger charge is -2.34. The van der Waals surface area contributed by atoms with Crippen molar-refractivity contribution in [3.8, 4) is 6.07 Å². The standard InChI is InChI=1S/C28H37N5O7/c1-14(2)11-30-22-18-9-10-19(33(18)32-13-31-22)27(12-29)26(38-24(35)16(5)6)28(40-25(36)17(7)8)20(21(28)39-27)37-23(34)15(3)4/h9-10,13-17,20-21,26H,11H2,1-8H3,(H,30,31,32)/t20?,21-,26+,27+,28-/m1/s1. The van der Waals surface area contributed by atoms with Gasteiger partial charge in [0.15, 0.2) is 18.0 Å². The summed E-state index contributed by atoms with van der Waals surface area (Å²) in [5.74, 6) is -2.48. The van der Waals surface area contributed by atoms with Gasteiger partial charge in [-0.1, -0.05) is 55.4 Å². The molecule has 1 saturated heterocycles. The number of ether oxygens (including phenoxy) is 4. The lowest BCUT2D eigenvalue weighted by Crippen LogP contribution is -2.52. The van der Waals surface area contributed by atoms with Crippen LogP contribution in [-0.2, 0) is 38.9 Å². The first-order valence-electron chi connectivity index (χ1n) is 13.6. The molecule has 12 heteroatoms. The molecule has 1 aliphatic carbocycles. The number of aromatic nitrogens is 3. The van der Waals surface area contributed by atoms with Gasteiger partial charge >= 0.3 is 17.9 Å². The van der Waals surface area contributed by atoms with Gasteiger partial charge in [0.25, 0.3) is 0 Å². The van der Waals surface area contributed by atoms with E-state index in [1.165, 1.54) is 10.8 Å². The van der Waals surface area contributed by atoms with E-state index in [0.29, 0.717) is 23.8 Å². The van der Waals surface area contributed by atoms with Gasteiger partial charge in [-0.25, -0.2) is 9.50 Å². The van der Waals surface area contributed by atoms with E-state index in [2.05, 4.69) is 35.3 Å². The molecule has 12 nitrogen and oxygen atoms in total. The number of nitrogens with one attached hydrogen (secondary N) is 1. The minimum Gasteiger partial charge on any atom is -0.455 e. The number of hydrogen-bond donors (Lipinski definition) is 1. The van der Waals surface area contributed by atoms with E-state index in [4.69, 9.17) is 18.9 Å². The average molecular weight is 556 g/mol. The van der Waals surface area contributed by atoms with Gasteiger partial charge in [-0.2, -0.15) is 10.4 Å². The number of carbonyl (C=O) groups excluding carboxylic acids is 3. The number of nitriles is 1. The molecular formula is C28H37N5O7. The fourth-order valence-electron chi connectivity index (χ4n) is 4.65. The molecule has 0 radical (unpaired) electrons. The first-order valence-corrected chi connectivity index (χ1v) is 13.6. The molecule has 5 atom stereocenters. The SMILES string of the molecule is CC(C)CNc1ncnn2c([C@]3(C#N)O[C@@H]4C(OC(=O)C(C)C)[C@]4(OC(=O)C(C)C)[C@H]3OC(=O)C(C)C)ccc12. The predicted octanol–water partition coefficient (Wildman–Crippen LogP) is 3.00. The van der Waals surface area contributed by atoms with Crippen LogP contribution in [0.5, 0.6) is 0 Å². The summed E-state index contributed by atoms with van der Waals surface area (Å²) >= 11 is 0. The summed E-state index contributed by atoms with van der Waals surface area (Å²) in [4.78, 5) is 42.9. The zero-order chi connectivity index (χ0) is 29.6. The first kappa shape index (κ1) is 29.3. The van der Waals surface area contributed by atoms with Crippen molar-refractivity contribution >= 4 is 29.2 Å². The third kappa shape index (κ3) is 4.76. The Kier molecular flexibility index (Phi) is 7.82. The number of esters is 3. The highest BCUT2D eigenvalue weighted by atomic mass is 16.7. The van der Waals surface area contributed by atoms with Crippen molar-refractivity contribution in [2.45, 2.75) is 84.9 Å². The molecule has 2 fully saturated rings. The maximum atomic E-state index is 13.0. The molecule has 1 saturated carbocycles. The second kappa shape index (κ2) is 10.7. The van der Waals surface area contributed by atoms with Crippen LogP contribution >= 0.6 is 0 Å². The summed E-state index contributed by atoms with van der Waals surface area (Å²) in [7, 11) is 0. The van der Waals surface area contributed by atoms with E-state index in [1.54, 1.807) is 53.7 Å². The van der Waals surface area contributed by atoms with Gasteiger partial charge in [0.1, 0.15) is 24.0 Å². The molecule has 216 valence electrons. The maximum Gasteiger partial charge on any atom is 0.309 e. The van der Waals surface area contributed by atoms with Crippen LogP contribution < -0.4 is 5.32 Å². The summed E-state index contributed by atoms with van der Waals surface area (Å²) in [6.45, 7) is 14.7. The van der Waals surface area contributed by atoms with Crippen LogP contribution in [0.4, 0.5) is 5.82 Å². The van der Waals surface area contributed by atoms with Crippen molar-refractivity contribution in [2.24, 2.45) is 23.7 Å². The van der Waals surface area contributed by atoms with Gasteiger partial charge in [0, 0.05) is 6.54 Å². The van der Waals surface area contributed by atoms with Crippen molar-refractivity contribution in [2.75, 3.05) is 11.9 Å². The minimum absolute atomic E-state index is 0.252. The Morgan fingerprint density at radius 1 is 1.02 bits per heavy atom. The Labute approximate surface area is 233 Å². The molecule has 1 unspecified atom stereocenters. The quantitative estimate of drug-likeness (QED) is 0.340. The number of fused-ring (bicyclic) bond motifs is 2. The van der Waals surface area contributed by atoms with Crippen molar-refractivity contribution in [1.82, 2.24) is 14.6 Å². The number of carbonyl (C=O) groups is 3. The van der Waals surface area contributed by atoms with Crippen LogP contribution in [0.15, 0.2) is 18.5 Å². The Bertz CT molecular complexity index is 1350. The fraction of sp³-hybridized carbons (Fsp3) is 0.643. The molecule has 1 aliphatic heterocycles. The molecule has 40 heavy (non-hydrogen) atoms. The third-order valence-corrected chi connectivity index (χ3v) is 6.99. The number of nitrogens with zero attached hydrogens (tertiary/aromatic N) is 4. The molecule has 2 aliphatic rings. The van der Waals surface area contributed by atoms with Gasteiger partial charge in [-0.15, -0.1) is 0 Å². The van der Waals surface area contributed by atoms with Crippen molar-refractivity contribution in [3.05, 3.63) is 24.2 Å². The Morgan fingerprint density at radius 2 is 1.65 bits per heavy atom. The van der Waals surface area contributed by atoms with Crippen molar-refractivity contribution in [1.29, 1.82) is 5.26 Å². The Morgan fingerprint density at radius 3 is 2.23 bits per heavy atom. The molecule has 2 aromatic rings. The zero-order valence-electron chi connectivity index (χ0n) is 24.1. The van der Waals surface area contributed by atoms with Gasteiger partial charge in [0.2, 0.25) is 11.2 Å². The first-order chi connectivity index (χ1) is 18.8. The van der Waals surface area contributed by atoms with E-state index < -0.39 is 65.2 Å². The van der Waals surface area contributed by atoms with Crippen LogP contribution in [0.3, 0.4) is 0 Å². The number of hydrogen-bond acceptors (Lipinski definition) is 11. The predicted molar refractivity (Wildman–Crippen MR) is 142 cm³/mol. The molecule has 1 N–H and O–H groups in total. The molecule has 0 amide bonds. The maximum absolute atomic E-state index is 13.0. The normalized spacial score (nSPS) is 27.1. The Balaban J connectivity index is 1.86. The van der Waals surface area contributed by atoms with Crippen molar-refractivity contribution < 1.29 is 33.3 Å². The van der Waals surface area contributed by atoms with Gasteiger partial charge < -0.3 is 24.3 Å². The van der Waals surface area contributed by atoms with Crippen LogP contribution in [0.25, 0.3) is 5.52 Å². The van der Waals surface area contributed by atoms with Crippen LogP contribution in [-0.4, -0.2) is 63.0 Å². The van der Waals surface area contributed by atoms with Crippen LogP contribution in [0.1, 0.15) is 61.1 Å². The topological polar surface area (TPSA) is 154 Å². The highest BCUT2D eigenvalue weighted by Gasteiger charge is 2.88. The van der Waals surface area contributed by atoms with Gasteiger partial charge in [-0.05, 0) is 18.1 Å². The summed E-state index contributed by atoms with van der Waals surface area (Å²) in [5.41, 5.74) is -2.84. The fourth-order valence-corrected chi connectivity index (χ4v) is 4.65. The average Bonchev–Trinajstić information content (AvgIpc) is 3.17. The van der Waals surface area contributed by atoms with Gasteiger partial charge in [0.05, 0.1) is 23.4 Å². The molecule has 3 heterocycles. The Hall–Kier alpha value is -3.72. The lowest BCUT2D eigenvalue weighted by atomic mass is 9.89. The van der Waals surface area contributed by atoms with Crippen LogP contribution in [0.2, 0.25) is 0 Å². The summed E-state index contributed by atoms with van der Waals surface area (Å²) in [5, 5.41) is 18.3. The molecule has 0 aromatic carbocycles. The van der Waals surface area contributed by atoms with E-state index >= 15 is 0 Å². The summed E-state index contributed by atoms with van der Waals surface area (Å²) in [6, 6.07) is 5.56. The largest absolute Gasteiger partial charge is 0.455 e. The van der Waals surface area contributed by atoms with E-state index in [1.807, 2.05) is 0 Å². The van der Waals surface area contributed by atoms with Crippen LogP contribution in [0, 0.1) is 35.0 Å². The lowest BCUT2D eigenvalue weighted by molar-refractivity contribution is -0.193. The van der Waals surface area contributed by atoms with Gasteiger partial charge in [-0.3, -0.25) is 14.4 Å². The number of rotatable bonds is 10. The highest BCUT2D eigenvalue weighted by Crippen LogP contribution is 2.63.